The van der Waals surface area contributed by atoms with E-state index in [-0.39, 0.29) is 5.82 Å². The molecule has 1 N–H and O–H groups in total. The van der Waals surface area contributed by atoms with Crippen LogP contribution in [0, 0.1) is 23.1 Å². The Kier molecular flexibility index (Phi) is 4.89. The number of halogens is 1. The molecule has 4 heteroatoms. The quantitative estimate of drug-likeness (QED) is 0.902. The van der Waals surface area contributed by atoms with Gasteiger partial charge in [-0.3, -0.25) is 0 Å². The molecule has 0 spiro atoms. The van der Waals surface area contributed by atoms with E-state index in [0.717, 1.165) is 19.6 Å². The van der Waals surface area contributed by atoms with Crippen LogP contribution >= 0.6 is 0 Å². The van der Waals surface area contributed by atoms with Gasteiger partial charge in [0.05, 0.1) is 11.6 Å². The molecule has 19 heavy (non-hydrogen) atoms. The highest BCUT2D eigenvalue weighted by atomic mass is 19.1. The number of nitrogens with one attached hydrogen (secondary N) is 1. The molecular weight excluding hydrogens is 241 g/mol. The van der Waals surface area contributed by atoms with E-state index in [1.807, 2.05) is 6.07 Å². The van der Waals surface area contributed by atoms with E-state index < -0.39 is 0 Å². The Morgan fingerprint density at radius 1 is 1.42 bits per heavy atom. The number of piperidine rings is 1. The zero-order valence-corrected chi connectivity index (χ0v) is 11.3. The van der Waals surface area contributed by atoms with Crippen LogP contribution in [0.4, 0.5) is 4.39 Å². The van der Waals surface area contributed by atoms with Gasteiger partial charge in [-0.05, 0) is 57.6 Å². The van der Waals surface area contributed by atoms with Crippen LogP contribution in [0.15, 0.2) is 18.2 Å². The van der Waals surface area contributed by atoms with Gasteiger partial charge in [-0.15, -0.1) is 0 Å². The predicted octanol–water partition coefficient (Wildman–Crippen LogP) is 2.13. The molecule has 1 aliphatic heterocycles. The fourth-order valence-corrected chi connectivity index (χ4v) is 2.44. The number of likely N-dealkylation sites (tertiary alicyclic amines) is 1. The van der Waals surface area contributed by atoms with E-state index in [1.54, 1.807) is 12.1 Å². The molecule has 102 valence electrons. The van der Waals surface area contributed by atoms with Crippen molar-refractivity contribution in [2.45, 2.75) is 19.4 Å². The molecule has 1 aromatic carbocycles. The number of hydrogen-bond donors (Lipinski definition) is 1. The first-order valence-electron chi connectivity index (χ1n) is 6.77. The molecular formula is C15H20FN3. The summed E-state index contributed by atoms with van der Waals surface area (Å²) in [5.74, 6) is 0.396. The zero-order chi connectivity index (χ0) is 13.7. The lowest BCUT2D eigenvalue weighted by Crippen LogP contribution is -2.34. The summed E-state index contributed by atoms with van der Waals surface area (Å²) in [5.41, 5.74) is 1.00. The van der Waals surface area contributed by atoms with Gasteiger partial charge in [0.15, 0.2) is 0 Å². The number of rotatable bonds is 4. The highest BCUT2D eigenvalue weighted by Gasteiger charge is 2.16. The summed E-state index contributed by atoms with van der Waals surface area (Å²) in [6.45, 7) is 3.77. The van der Waals surface area contributed by atoms with Gasteiger partial charge in [-0.2, -0.15) is 5.26 Å². The molecule has 0 radical (unpaired) electrons. The molecule has 0 atom stereocenters. The second-order valence-corrected chi connectivity index (χ2v) is 5.30. The van der Waals surface area contributed by atoms with E-state index in [4.69, 9.17) is 5.26 Å². The summed E-state index contributed by atoms with van der Waals surface area (Å²) in [6, 6.07) is 6.59. The monoisotopic (exact) mass is 261 g/mol. The second kappa shape index (κ2) is 6.65. The molecule has 1 fully saturated rings. The fourth-order valence-electron chi connectivity index (χ4n) is 2.44. The fraction of sp³-hybridized carbons (Fsp3) is 0.533. The average molecular weight is 261 g/mol. The Balaban J connectivity index is 1.78. The Bertz CT molecular complexity index is 459. The summed E-state index contributed by atoms with van der Waals surface area (Å²) in [6.07, 6.45) is 2.42. The molecule has 0 saturated carbocycles. The second-order valence-electron chi connectivity index (χ2n) is 5.30. The van der Waals surface area contributed by atoms with E-state index in [9.17, 15) is 4.39 Å². The van der Waals surface area contributed by atoms with Gasteiger partial charge >= 0.3 is 0 Å². The van der Waals surface area contributed by atoms with Crippen molar-refractivity contribution in [2.75, 3.05) is 26.7 Å². The molecule has 3 nitrogen and oxygen atoms in total. The standard InChI is InChI=1S/C15H20FN3/c1-19-6-4-12(5-7-19)10-18-11-14-3-2-13(9-17)8-15(14)16/h2-3,8,12,18H,4-7,10-11H2,1H3. The zero-order valence-electron chi connectivity index (χ0n) is 11.3. The maximum atomic E-state index is 13.7. The minimum Gasteiger partial charge on any atom is -0.312 e. The summed E-state index contributed by atoms with van der Waals surface area (Å²) in [4.78, 5) is 2.34. The van der Waals surface area contributed by atoms with Crippen molar-refractivity contribution in [3.05, 3.63) is 35.1 Å². The SMILES string of the molecule is CN1CCC(CNCc2ccc(C#N)cc2F)CC1. The first-order valence-corrected chi connectivity index (χ1v) is 6.77. The van der Waals surface area contributed by atoms with Crippen LogP contribution in [0.1, 0.15) is 24.0 Å². The van der Waals surface area contributed by atoms with Gasteiger partial charge in [0, 0.05) is 12.1 Å². The van der Waals surface area contributed by atoms with E-state index in [0.29, 0.717) is 23.6 Å². The molecule has 0 bridgehead atoms. The topological polar surface area (TPSA) is 39.1 Å². The third-order valence-corrected chi connectivity index (χ3v) is 3.77. The first-order chi connectivity index (χ1) is 9.19. The molecule has 1 aromatic rings. The average Bonchev–Trinajstić information content (AvgIpc) is 2.42. The maximum absolute atomic E-state index is 13.7. The maximum Gasteiger partial charge on any atom is 0.129 e. The lowest BCUT2D eigenvalue weighted by molar-refractivity contribution is 0.216. The third kappa shape index (κ3) is 4.02. The summed E-state index contributed by atoms with van der Waals surface area (Å²) < 4.78 is 13.7. The Morgan fingerprint density at radius 2 is 2.16 bits per heavy atom. The minimum atomic E-state index is -0.296. The van der Waals surface area contributed by atoms with Gasteiger partial charge < -0.3 is 10.2 Å². The van der Waals surface area contributed by atoms with Gasteiger partial charge in [0.2, 0.25) is 0 Å². The first kappa shape index (κ1) is 14.0. The van der Waals surface area contributed by atoms with Crippen molar-refractivity contribution in [3.8, 4) is 6.07 Å². The lowest BCUT2D eigenvalue weighted by Gasteiger charge is -2.29. The third-order valence-electron chi connectivity index (χ3n) is 3.77. The molecule has 0 unspecified atom stereocenters. The minimum absolute atomic E-state index is 0.296. The molecule has 1 heterocycles. The largest absolute Gasteiger partial charge is 0.312 e. The van der Waals surface area contributed by atoms with Crippen LogP contribution in [0.3, 0.4) is 0 Å². The van der Waals surface area contributed by atoms with E-state index in [1.165, 1.54) is 18.9 Å². The van der Waals surface area contributed by atoms with Crippen LogP contribution in [0.2, 0.25) is 0 Å². The van der Waals surface area contributed by atoms with Gasteiger partial charge in [-0.25, -0.2) is 4.39 Å². The Labute approximate surface area is 114 Å². The Morgan fingerprint density at radius 3 is 2.79 bits per heavy atom. The van der Waals surface area contributed by atoms with Crippen molar-refractivity contribution in [1.82, 2.24) is 10.2 Å². The van der Waals surface area contributed by atoms with Crippen molar-refractivity contribution in [3.63, 3.8) is 0 Å². The number of nitrogens with zero attached hydrogens (tertiary/aromatic N) is 2. The molecule has 1 aliphatic rings. The van der Waals surface area contributed by atoms with Crippen molar-refractivity contribution in [2.24, 2.45) is 5.92 Å². The van der Waals surface area contributed by atoms with Crippen LogP contribution in [0.25, 0.3) is 0 Å². The van der Waals surface area contributed by atoms with E-state index in [2.05, 4.69) is 17.3 Å². The van der Waals surface area contributed by atoms with Crippen molar-refractivity contribution in [1.29, 1.82) is 5.26 Å². The van der Waals surface area contributed by atoms with Crippen molar-refractivity contribution < 1.29 is 4.39 Å². The molecule has 2 rings (SSSR count). The summed E-state index contributed by atoms with van der Waals surface area (Å²) in [5, 5.41) is 12.0. The highest BCUT2D eigenvalue weighted by molar-refractivity contribution is 5.32. The summed E-state index contributed by atoms with van der Waals surface area (Å²) in [7, 11) is 2.15. The highest BCUT2D eigenvalue weighted by Crippen LogP contribution is 2.15. The van der Waals surface area contributed by atoms with Gasteiger partial charge in [0.25, 0.3) is 0 Å². The molecule has 0 amide bonds. The smallest absolute Gasteiger partial charge is 0.129 e. The van der Waals surface area contributed by atoms with Crippen LogP contribution in [-0.2, 0) is 6.54 Å². The molecule has 1 saturated heterocycles. The van der Waals surface area contributed by atoms with Gasteiger partial charge in [0.1, 0.15) is 5.82 Å². The lowest BCUT2D eigenvalue weighted by atomic mass is 9.97. The number of hydrogen-bond acceptors (Lipinski definition) is 3. The van der Waals surface area contributed by atoms with Crippen LogP contribution in [0.5, 0.6) is 0 Å². The normalized spacial score (nSPS) is 17.3. The van der Waals surface area contributed by atoms with Crippen LogP contribution < -0.4 is 5.32 Å². The molecule has 0 aliphatic carbocycles. The predicted molar refractivity (Wildman–Crippen MR) is 73.0 cm³/mol. The van der Waals surface area contributed by atoms with Gasteiger partial charge in [-0.1, -0.05) is 6.07 Å². The summed E-state index contributed by atoms with van der Waals surface area (Å²) >= 11 is 0. The number of nitriles is 1. The van der Waals surface area contributed by atoms with E-state index >= 15 is 0 Å². The number of benzene rings is 1. The molecule has 0 aromatic heterocycles. The van der Waals surface area contributed by atoms with Crippen molar-refractivity contribution >= 4 is 0 Å². The van der Waals surface area contributed by atoms with Crippen LogP contribution in [-0.4, -0.2) is 31.6 Å². The Hall–Kier alpha value is -1.44.